The molecule has 13 heavy (non-hydrogen) atoms. The summed E-state index contributed by atoms with van der Waals surface area (Å²) in [7, 11) is -4.18. The van der Waals surface area contributed by atoms with Crippen LogP contribution in [0.25, 0.3) is 0 Å². The van der Waals surface area contributed by atoms with Crippen LogP contribution in [-0.2, 0) is 18.4 Å². The van der Waals surface area contributed by atoms with Crippen molar-refractivity contribution in [3.63, 3.8) is 0 Å². The SMILES string of the molecule is C=CCOP(=O)(O)OCC(=O)CO. The van der Waals surface area contributed by atoms with Crippen LogP contribution in [0.15, 0.2) is 12.7 Å². The van der Waals surface area contributed by atoms with Crippen LogP contribution in [0.1, 0.15) is 0 Å². The van der Waals surface area contributed by atoms with Crippen molar-refractivity contribution >= 4 is 13.6 Å². The third-order valence-electron chi connectivity index (χ3n) is 0.921. The molecule has 0 aliphatic carbocycles. The van der Waals surface area contributed by atoms with E-state index in [0.717, 1.165) is 0 Å². The first kappa shape index (κ1) is 12.5. The summed E-state index contributed by atoms with van der Waals surface area (Å²) in [5.74, 6) is -0.698. The Kier molecular flexibility index (Phi) is 5.77. The van der Waals surface area contributed by atoms with Crippen LogP contribution >= 0.6 is 7.82 Å². The molecule has 0 aliphatic heterocycles. The van der Waals surface area contributed by atoms with Gasteiger partial charge in [-0.25, -0.2) is 4.57 Å². The molecule has 0 aromatic carbocycles. The number of carbonyl (C=O) groups excluding carboxylic acids is 1. The smallest absolute Gasteiger partial charge is 0.388 e. The van der Waals surface area contributed by atoms with E-state index < -0.39 is 26.8 Å². The highest BCUT2D eigenvalue weighted by Gasteiger charge is 2.21. The van der Waals surface area contributed by atoms with Crippen LogP contribution in [-0.4, -0.2) is 35.6 Å². The molecule has 0 saturated carbocycles. The second-order valence-corrected chi connectivity index (χ2v) is 3.48. The first-order valence-corrected chi connectivity index (χ1v) is 4.86. The minimum atomic E-state index is -4.18. The predicted molar refractivity (Wildman–Crippen MR) is 44.0 cm³/mol. The summed E-state index contributed by atoms with van der Waals surface area (Å²) in [5, 5.41) is 8.25. The Hall–Kier alpha value is -0.520. The quantitative estimate of drug-likeness (QED) is 0.449. The van der Waals surface area contributed by atoms with E-state index in [4.69, 9.17) is 10.00 Å². The summed E-state index contributed by atoms with van der Waals surface area (Å²) in [5.41, 5.74) is 0. The fourth-order valence-electron chi connectivity index (χ4n) is 0.383. The molecule has 0 aliphatic rings. The summed E-state index contributed by atoms with van der Waals surface area (Å²) in [6.45, 7) is 1.72. The lowest BCUT2D eigenvalue weighted by Crippen LogP contribution is -2.12. The summed E-state index contributed by atoms with van der Waals surface area (Å²) in [6, 6.07) is 0. The van der Waals surface area contributed by atoms with Crippen molar-refractivity contribution in [3.05, 3.63) is 12.7 Å². The van der Waals surface area contributed by atoms with Gasteiger partial charge in [-0.3, -0.25) is 13.8 Å². The number of rotatable bonds is 7. The maximum atomic E-state index is 10.8. The first-order chi connectivity index (χ1) is 6.02. The Morgan fingerprint density at radius 1 is 1.54 bits per heavy atom. The van der Waals surface area contributed by atoms with Crippen molar-refractivity contribution in [2.75, 3.05) is 19.8 Å². The van der Waals surface area contributed by atoms with Crippen molar-refractivity contribution in [2.45, 2.75) is 0 Å². The zero-order chi connectivity index (χ0) is 10.3. The molecule has 1 atom stereocenters. The van der Waals surface area contributed by atoms with Crippen LogP contribution in [0.4, 0.5) is 0 Å². The maximum absolute atomic E-state index is 10.8. The lowest BCUT2D eigenvalue weighted by atomic mass is 10.5. The lowest BCUT2D eigenvalue weighted by Gasteiger charge is -2.09. The first-order valence-electron chi connectivity index (χ1n) is 3.37. The Morgan fingerprint density at radius 3 is 2.62 bits per heavy atom. The van der Waals surface area contributed by atoms with Gasteiger partial charge in [-0.15, -0.1) is 6.58 Å². The third-order valence-corrected chi connectivity index (χ3v) is 1.85. The van der Waals surface area contributed by atoms with Crippen LogP contribution in [0.5, 0.6) is 0 Å². The number of ketones is 1. The van der Waals surface area contributed by atoms with E-state index in [0.29, 0.717) is 0 Å². The average molecular weight is 210 g/mol. The molecule has 0 radical (unpaired) electrons. The molecule has 76 valence electrons. The van der Waals surface area contributed by atoms with Crippen molar-refractivity contribution in [2.24, 2.45) is 0 Å². The van der Waals surface area contributed by atoms with E-state index in [1.165, 1.54) is 6.08 Å². The van der Waals surface area contributed by atoms with Gasteiger partial charge >= 0.3 is 7.82 Å². The van der Waals surface area contributed by atoms with Gasteiger partial charge < -0.3 is 10.00 Å². The summed E-state index contributed by atoms with van der Waals surface area (Å²) >= 11 is 0. The van der Waals surface area contributed by atoms with Gasteiger partial charge in [0.1, 0.15) is 13.2 Å². The molecule has 0 rings (SSSR count). The molecule has 0 aromatic rings. The van der Waals surface area contributed by atoms with E-state index in [9.17, 15) is 9.36 Å². The standard InChI is InChI=1S/C6H11O6P/c1-2-3-11-13(9,10)12-5-6(8)4-7/h2,7H,1,3-5H2,(H,9,10). The normalized spacial score (nSPS) is 14.9. The number of carbonyl (C=O) groups is 1. The van der Waals surface area contributed by atoms with Gasteiger partial charge in [0, 0.05) is 0 Å². The molecule has 0 heterocycles. The largest absolute Gasteiger partial charge is 0.472 e. The minimum absolute atomic E-state index is 0.152. The third kappa shape index (κ3) is 6.62. The van der Waals surface area contributed by atoms with Crippen LogP contribution in [0.3, 0.4) is 0 Å². The fourth-order valence-corrected chi connectivity index (χ4v) is 1.06. The Morgan fingerprint density at radius 2 is 2.15 bits per heavy atom. The summed E-state index contributed by atoms with van der Waals surface area (Å²) in [4.78, 5) is 19.3. The minimum Gasteiger partial charge on any atom is -0.388 e. The zero-order valence-electron chi connectivity index (χ0n) is 6.88. The molecule has 1 unspecified atom stereocenters. The van der Waals surface area contributed by atoms with Gasteiger partial charge in [0.15, 0.2) is 5.78 Å². The highest BCUT2D eigenvalue weighted by molar-refractivity contribution is 7.47. The predicted octanol–water partition coefficient (Wildman–Crippen LogP) is -0.133. The number of hydrogen-bond donors (Lipinski definition) is 2. The fraction of sp³-hybridized carbons (Fsp3) is 0.500. The number of aliphatic hydroxyl groups is 1. The molecule has 0 saturated heterocycles. The van der Waals surface area contributed by atoms with Gasteiger partial charge in [-0.1, -0.05) is 6.08 Å². The monoisotopic (exact) mass is 210 g/mol. The maximum Gasteiger partial charge on any atom is 0.472 e. The second kappa shape index (κ2) is 6.01. The summed E-state index contributed by atoms with van der Waals surface area (Å²) in [6.07, 6.45) is 1.26. The molecule has 0 amide bonds. The van der Waals surface area contributed by atoms with E-state index >= 15 is 0 Å². The highest BCUT2D eigenvalue weighted by atomic mass is 31.2. The van der Waals surface area contributed by atoms with Gasteiger partial charge in [0.25, 0.3) is 0 Å². The van der Waals surface area contributed by atoms with Crippen molar-refractivity contribution in [1.29, 1.82) is 0 Å². The number of aliphatic hydroxyl groups excluding tert-OH is 1. The second-order valence-electron chi connectivity index (χ2n) is 2.02. The Labute approximate surface area is 75.4 Å². The number of phosphoric ester groups is 1. The highest BCUT2D eigenvalue weighted by Crippen LogP contribution is 2.42. The average Bonchev–Trinajstić information content (AvgIpc) is 2.11. The summed E-state index contributed by atoms with van der Waals surface area (Å²) < 4.78 is 19.3. The van der Waals surface area contributed by atoms with Crippen molar-refractivity contribution < 1.29 is 28.4 Å². The molecule has 0 spiro atoms. The number of Topliss-reactive ketones (excluding diaryl/α,β-unsaturated/α-hetero) is 1. The topological polar surface area (TPSA) is 93.1 Å². The Bertz CT molecular complexity index is 225. The molecule has 7 heteroatoms. The molecule has 0 bridgehead atoms. The van der Waals surface area contributed by atoms with E-state index in [1.54, 1.807) is 0 Å². The van der Waals surface area contributed by atoms with Crippen molar-refractivity contribution in [1.82, 2.24) is 0 Å². The zero-order valence-corrected chi connectivity index (χ0v) is 7.77. The molecule has 0 aromatic heterocycles. The van der Waals surface area contributed by atoms with Gasteiger partial charge in [-0.2, -0.15) is 0 Å². The van der Waals surface area contributed by atoms with Crippen LogP contribution < -0.4 is 0 Å². The Balaban J connectivity index is 3.81. The van der Waals surface area contributed by atoms with E-state index in [-0.39, 0.29) is 6.61 Å². The van der Waals surface area contributed by atoms with E-state index in [2.05, 4.69) is 15.6 Å². The van der Waals surface area contributed by atoms with E-state index in [1.807, 2.05) is 0 Å². The molecule has 6 nitrogen and oxygen atoms in total. The lowest BCUT2D eigenvalue weighted by molar-refractivity contribution is -0.124. The van der Waals surface area contributed by atoms with Crippen molar-refractivity contribution in [3.8, 4) is 0 Å². The van der Waals surface area contributed by atoms with Gasteiger partial charge in [0.05, 0.1) is 6.61 Å². The number of phosphoric acid groups is 1. The van der Waals surface area contributed by atoms with Crippen LogP contribution in [0.2, 0.25) is 0 Å². The molecule has 2 N–H and O–H groups in total. The van der Waals surface area contributed by atoms with Crippen LogP contribution in [0, 0.1) is 0 Å². The number of hydrogen-bond acceptors (Lipinski definition) is 5. The molecule has 0 fully saturated rings. The van der Waals surface area contributed by atoms with Gasteiger partial charge in [0.2, 0.25) is 0 Å². The van der Waals surface area contributed by atoms with Gasteiger partial charge in [-0.05, 0) is 0 Å². The molecular weight excluding hydrogens is 199 g/mol. The molecular formula is C6H11O6P.